The number of hydrogen-bond donors (Lipinski definition) is 0. The van der Waals surface area contributed by atoms with Gasteiger partial charge in [-0.05, 0) is 23.6 Å². The van der Waals surface area contributed by atoms with E-state index in [0.717, 1.165) is 18.0 Å². The lowest BCUT2D eigenvalue weighted by atomic mass is 9.92. The molecule has 0 N–H and O–H groups in total. The minimum atomic E-state index is -1.07. The van der Waals surface area contributed by atoms with E-state index in [1.165, 1.54) is 22.9 Å². The molecule has 0 saturated heterocycles. The lowest BCUT2D eigenvalue weighted by molar-refractivity contribution is -0.433. The van der Waals surface area contributed by atoms with Crippen molar-refractivity contribution in [3.63, 3.8) is 0 Å². The minimum Gasteiger partial charge on any atom is -0.539 e. The third-order valence-electron chi connectivity index (χ3n) is 3.59. The largest absolute Gasteiger partial charge is 0.539 e. The van der Waals surface area contributed by atoms with Crippen LogP contribution in [0.1, 0.15) is 50.7 Å². The first kappa shape index (κ1) is 15.1. The fourth-order valence-electron chi connectivity index (χ4n) is 2.62. The van der Waals surface area contributed by atoms with Gasteiger partial charge in [0, 0.05) is 11.1 Å². The second kappa shape index (κ2) is 6.00. The van der Waals surface area contributed by atoms with Crippen molar-refractivity contribution in [1.29, 1.82) is 0 Å². The summed E-state index contributed by atoms with van der Waals surface area (Å²) in [5, 5.41) is 11.7. The number of carbonyl (C=O) groups is 1. The van der Waals surface area contributed by atoms with Crippen molar-refractivity contribution in [3.05, 3.63) is 29.3 Å². The van der Waals surface area contributed by atoms with Gasteiger partial charge in [0.25, 0.3) is 5.04 Å². The molecule has 3 nitrogen and oxygen atoms in total. The van der Waals surface area contributed by atoms with E-state index in [2.05, 4.69) is 45.9 Å². The van der Waals surface area contributed by atoms with Gasteiger partial charge in [0.2, 0.25) is 5.69 Å². The first-order valence-corrected chi connectivity index (χ1v) is 8.03. The van der Waals surface area contributed by atoms with Crippen LogP contribution in [0.5, 0.6) is 0 Å². The van der Waals surface area contributed by atoms with Crippen molar-refractivity contribution in [1.82, 2.24) is 0 Å². The molecule has 0 saturated carbocycles. The number of aliphatic carboxylic acids is 1. The van der Waals surface area contributed by atoms with Crippen molar-refractivity contribution in [2.75, 3.05) is 12.3 Å². The number of nitrogens with zero attached hydrogens (tertiary/aromatic N) is 1. The van der Waals surface area contributed by atoms with Crippen LogP contribution < -0.4 is 5.11 Å². The molecule has 1 aromatic rings. The maximum Gasteiger partial charge on any atom is 0.263 e. The monoisotopic (exact) mass is 291 g/mol. The summed E-state index contributed by atoms with van der Waals surface area (Å²) in [6, 6.07) is 6.26. The van der Waals surface area contributed by atoms with E-state index >= 15 is 0 Å². The summed E-state index contributed by atoms with van der Waals surface area (Å²) in [5.41, 5.74) is 3.48. The van der Waals surface area contributed by atoms with Gasteiger partial charge < -0.3 is 9.90 Å². The number of rotatable bonds is 4. The number of para-hydroxylation sites is 1. The van der Waals surface area contributed by atoms with Crippen LogP contribution in [0.2, 0.25) is 0 Å². The Kier molecular flexibility index (Phi) is 4.53. The highest BCUT2D eigenvalue weighted by molar-refractivity contribution is 8.15. The lowest BCUT2D eigenvalue weighted by Crippen LogP contribution is -2.33. The molecule has 1 heterocycles. The zero-order valence-corrected chi connectivity index (χ0v) is 13.3. The van der Waals surface area contributed by atoms with Crippen LogP contribution in [0, 0.1) is 0 Å². The Morgan fingerprint density at radius 1 is 1.20 bits per heavy atom. The molecule has 1 aliphatic rings. The van der Waals surface area contributed by atoms with Crippen molar-refractivity contribution in [3.8, 4) is 0 Å². The van der Waals surface area contributed by atoms with Gasteiger partial charge in [0.1, 0.15) is 5.97 Å². The van der Waals surface area contributed by atoms with Crippen LogP contribution in [-0.2, 0) is 4.79 Å². The van der Waals surface area contributed by atoms with Gasteiger partial charge in [-0.2, -0.15) is 4.58 Å². The normalized spacial score (nSPS) is 15.5. The van der Waals surface area contributed by atoms with Crippen LogP contribution >= 0.6 is 11.8 Å². The van der Waals surface area contributed by atoms with Gasteiger partial charge in [-0.3, -0.25) is 0 Å². The Balaban J connectivity index is 2.71. The number of thioether (sulfide) groups is 1. The topological polar surface area (TPSA) is 43.1 Å². The molecule has 4 heteroatoms. The van der Waals surface area contributed by atoms with Crippen LogP contribution in [0.3, 0.4) is 0 Å². The molecule has 0 aromatic heterocycles. The number of benzene rings is 1. The highest BCUT2D eigenvalue weighted by Gasteiger charge is 2.31. The molecule has 0 fully saturated rings. The van der Waals surface area contributed by atoms with Crippen molar-refractivity contribution in [2.45, 2.75) is 39.5 Å². The Morgan fingerprint density at radius 3 is 2.20 bits per heavy atom. The van der Waals surface area contributed by atoms with Gasteiger partial charge in [-0.1, -0.05) is 45.9 Å². The molecule has 0 amide bonds. The number of carbonyl (C=O) groups excluding carboxylic acids is 1. The van der Waals surface area contributed by atoms with Crippen LogP contribution in [-0.4, -0.2) is 27.9 Å². The van der Waals surface area contributed by atoms with E-state index in [-0.39, 0.29) is 0 Å². The quantitative estimate of drug-likeness (QED) is 0.800. The lowest BCUT2D eigenvalue weighted by Gasteiger charge is -2.16. The molecule has 0 radical (unpaired) electrons. The Bertz CT molecular complexity index is 535. The summed E-state index contributed by atoms with van der Waals surface area (Å²) in [7, 11) is 0. The molecule has 0 atom stereocenters. The molecule has 108 valence electrons. The molecule has 0 bridgehead atoms. The van der Waals surface area contributed by atoms with Gasteiger partial charge in [-0.25, -0.2) is 0 Å². The second-order valence-electron chi connectivity index (χ2n) is 5.69. The SMILES string of the molecule is CC(C)c1cccc(C(C)C)c1[N+]1=C(C(=O)[O-])SCC1. The fraction of sp³-hybridized carbons (Fsp3) is 0.500. The van der Waals surface area contributed by atoms with E-state index in [9.17, 15) is 9.90 Å². The van der Waals surface area contributed by atoms with Crippen LogP contribution in [0.15, 0.2) is 18.2 Å². The summed E-state index contributed by atoms with van der Waals surface area (Å²) < 4.78 is 1.94. The minimum absolute atomic E-state index is 0.347. The number of carboxylic acid groups (broad SMARTS) is 1. The van der Waals surface area contributed by atoms with E-state index < -0.39 is 5.97 Å². The van der Waals surface area contributed by atoms with Crippen molar-refractivity contribution >= 4 is 28.5 Å². The van der Waals surface area contributed by atoms with Crippen molar-refractivity contribution < 1.29 is 14.5 Å². The maximum absolute atomic E-state index is 11.3. The molecule has 1 aliphatic heterocycles. The average molecular weight is 291 g/mol. The van der Waals surface area contributed by atoms with Gasteiger partial charge in [0.05, 0.1) is 5.75 Å². The highest BCUT2D eigenvalue weighted by atomic mass is 32.2. The zero-order valence-electron chi connectivity index (χ0n) is 12.5. The smallest absolute Gasteiger partial charge is 0.263 e. The molecule has 2 rings (SSSR count). The van der Waals surface area contributed by atoms with Gasteiger partial charge in [0.15, 0.2) is 6.54 Å². The predicted molar refractivity (Wildman–Crippen MR) is 81.9 cm³/mol. The van der Waals surface area contributed by atoms with E-state index in [1.54, 1.807) is 0 Å². The van der Waals surface area contributed by atoms with E-state index in [1.807, 2.05) is 4.58 Å². The molecular weight excluding hydrogens is 270 g/mol. The summed E-state index contributed by atoms with van der Waals surface area (Å²) in [5.74, 6) is 0.447. The third-order valence-corrected chi connectivity index (χ3v) is 4.63. The van der Waals surface area contributed by atoms with Crippen LogP contribution in [0.25, 0.3) is 0 Å². The number of hydrogen-bond acceptors (Lipinski definition) is 3. The summed E-state index contributed by atoms with van der Waals surface area (Å²) in [4.78, 5) is 11.3. The van der Waals surface area contributed by atoms with Gasteiger partial charge >= 0.3 is 0 Å². The zero-order chi connectivity index (χ0) is 14.9. The fourth-order valence-corrected chi connectivity index (χ4v) is 3.54. The summed E-state index contributed by atoms with van der Waals surface area (Å²) in [6.45, 7) is 9.31. The Hall–Kier alpha value is -1.29. The second-order valence-corrected chi connectivity index (χ2v) is 6.77. The maximum atomic E-state index is 11.3. The molecule has 0 spiro atoms. The molecule has 1 aromatic carbocycles. The van der Waals surface area contributed by atoms with Gasteiger partial charge in [-0.15, -0.1) is 0 Å². The predicted octanol–water partition coefficient (Wildman–Crippen LogP) is 2.47. The molecule has 0 aliphatic carbocycles. The summed E-state index contributed by atoms with van der Waals surface area (Å²) in [6.07, 6.45) is 0. The van der Waals surface area contributed by atoms with Crippen LogP contribution in [0.4, 0.5) is 5.69 Å². The molecule has 0 unspecified atom stereocenters. The first-order chi connectivity index (χ1) is 9.43. The molecular formula is C16H21NO2S. The van der Waals surface area contributed by atoms with Crippen molar-refractivity contribution in [2.24, 2.45) is 0 Å². The average Bonchev–Trinajstić information content (AvgIpc) is 2.86. The third kappa shape index (κ3) is 2.75. The summed E-state index contributed by atoms with van der Waals surface area (Å²) >= 11 is 1.37. The first-order valence-electron chi connectivity index (χ1n) is 7.05. The Morgan fingerprint density at radius 2 is 1.75 bits per heavy atom. The van der Waals surface area contributed by atoms with E-state index in [0.29, 0.717) is 16.9 Å². The Labute approximate surface area is 124 Å². The standard InChI is InChI=1S/C16H21NO2S/c1-10(2)12-6-5-7-13(11(3)4)14(12)17-8-9-20-15(17)16(18)19/h5-7,10-11H,8-9H2,1-4H3. The number of carboxylic acids is 1. The highest BCUT2D eigenvalue weighted by Crippen LogP contribution is 2.36. The van der Waals surface area contributed by atoms with E-state index in [4.69, 9.17) is 0 Å². The molecule has 20 heavy (non-hydrogen) atoms.